The number of nitriles is 1. The zero-order valence-corrected chi connectivity index (χ0v) is 9.21. The van der Waals surface area contributed by atoms with Gasteiger partial charge in [-0.2, -0.15) is 5.26 Å². The summed E-state index contributed by atoms with van der Waals surface area (Å²) in [7, 11) is 0. The Labute approximate surface area is 92.8 Å². The molecule has 1 heterocycles. The van der Waals surface area contributed by atoms with Crippen LogP contribution in [0.3, 0.4) is 0 Å². The molecule has 0 saturated carbocycles. The third kappa shape index (κ3) is 2.05. The molecule has 0 saturated heterocycles. The zero-order chi connectivity index (χ0) is 10.7. The summed E-state index contributed by atoms with van der Waals surface area (Å²) >= 11 is 1.59. The molecule has 15 heavy (non-hydrogen) atoms. The normalized spacial score (nSPS) is 9.87. The summed E-state index contributed by atoms with van der Waals surface area (Å²) in [5.41, 5.74) is 3.24. The monoisotopic (exact) mass is 214 g/mol. The van der Waals surface area contributed by atoms with Crippen molar-refractivity contribution in [3.63, 3.8) is 0 Å². The van der Waals surface area contributed by atoms with Crippen molar-refractivity contribution >= 4 is 11.3 Å². The van der Waals surface area contributed by atoms with Gasteiger partial charge in [0.15, 0.2) is 0 Å². The number of rotatable bonds is 2. The SMILES string of the molecule is Cc1ccccc1-c1nc(CC#N)cs1. The second-order valence-electron chi connectivity index (χ2n) is 3.29. The maximum atomic E-state index is 8.57. The van der Waals surface area contributed by atoms with Crippen LogP contribution in [-0.4, -0.2) is 4.98 Å². The van der Waals surface area contributed by atoms with E-state index in [1.54, 1.807) is 11.3 Å². The van der Waals surface area contributed by atoms with Gasteiger partial charge in [-0.25, -0.2) is 4.98 Å². The minimum Gasteiger partial charge on any atom is -0.240 e. The molecule has 0 radical (unpaired) electrons. The Balaban J connectivity index is 2.38. The Morgan fingerprint density at radius 3 is 2.93 bits per heavy atom. The minimum absolute atomic E-state index is 0.391. The molecule has 0 aliphatic rings. The highest BCUT2D eigenvalue weighted by atomic mass is 32.1. The van der Waals surface area contributed by atoms with Crippen molar-refractivity contribution in [1.29, 1.82) is 5.26 Å². The molecule has 0 aliphatic heterocycles. The van der Waals surface area contributed by atoms with E-state index in [1.807, 2.05) is 17.5 Å². The lowest BCUT2D eigenvalue weighted by molar-refractivity contribution is 1.16. The molecule has 1 aromatic heterocycles. The lowest BCUT2D eigenvalue weighted by atomic mass is 10.1. The molecule has 0 atom stereocenters. The molecule has 1 aromatic carbocycles. The summed E-state index contributed by atoms with van der Waals surface area (Å²) < 4.78 is 0. The average molecular weight is 214 g/mol. The van der Waals surface area contributed by atoms with Crippen molar-refractivity contribution in [2.45, 2.75) is 13.3 Å². The first-order valence-electron chi connectivity index (χ1n) is 4.68. The molecule has 0 fully saturated rings. The predicted molar refractivity (Wildman–Crippen MR) is 61.6 cm³/mol. The minimum atomic E-state index is 0.391. The molecule has 74 valence electrons. The molecular weight excluding hydrogens is 204 g/mol. The van der Waals surface area contributed by atoms with Crippen LogP contribution in [0.5, 0.6) is 0 Å². The van der Waals surface area contributed by atoms with Crippen LogP contribution < -0.4 is 0 Å². The molecule has 2 rings (SSSR count). The summed E-state index contributed by atoms with van der Waals surface area (Å²) in [5.74, 6) is 0. The largest absolute Gasteiger partial charge is 0.240 e. The van der Waals surface area contributed by atoms with Crippen LogP contribution >= 0.6 is 11.3 Å². The molecule has 0 spiro atoms. The van der Waals surface area contributed by atoms with E-state index in [4.69, 9.17) is 5.26 Å². The summed E-state index contributed by atoms with van der Waals surface area (Å²) in [6.07, 6.45) is 0.391. The molecular formula is C12H10N2S. The molecule has 0 bridgehead atoms. The summed E-state index contributed by atoms with van der Waals surface area (Å²) in [5, 5.41) is 11.5. The number of aryl methyl sites for hydroxylation is 1. The van der Waals surface area contributed by atoms with E-state index < -0.39 is 0 Å². The van der Waals surface area contributed by atoms with Gasteiger partial charge in [0, 0.05) is 10.9 Å². The Morgan fingerprint density at radius 1 is 1.40 bits per heavy atom. The molecule has 3 heteroatoms. The van der Waals surface area contributed by atoms with Crippen LogP contribution in [0.4, 0.5) is 0 Å². The standard InChI is InChI=1S/C12H10N2S/c1-9-4-2-3-5-11(9)12-14-10(6-7-13)8-15-12/h2-5,8H,6H2,1H3. The molecule has 0 amide bonds. The van der Waals surface area contributed by atoms with Gasteiger partial charge in [0.25, 0.3) is 0 Å². The van der Waals surface area contributed by atoms with Crippen LogP contribution in [0.1, 0.15) is 11.3 Å². The number of aromatic nitrogens is 1. The van der Waals surface area contributed by atoms with E-state index in [1.165, 1.54) is 5.56 Å². The summed E-state index contributed by atoms with van der Waals surface area (Å²) in [6, 6.07) is 10.3. The third-order valence-corrected chi connectivity index (χ3v) is 3.11. The van der Waals surface area contributed by atoms with Crippen LogP contribution in [0.25, 0.3) is 10.6 Å². The van der Waals surface area contributed by atoms with E-state index in [0.717, 1.165) is 16.3 Å². The van der Waals surface area contributed by atoms with Gasteiger partial charge < -0.3 is 0 Å². The predicted octanol–water partition coefficient (Wildman–Crippen LogP) is 3.18. The summed E-state index contributed by atoms with van der Waals surface area (Å²) in [6.45, 7) is 2.07. The van der Waals surface area contributed by atoms with Crippen molar-refractivity contribution < 1.29 is 0 Å². The second kappa shape index (κ2) is 4.24. The van der Waals surface area contributed by atoms with E-state index >= 15 is 0 Å². The number of nitrogens with zero attached hydrogens (tertiary/aromatic N) is 2. The Kier molecular flexibility index (Phi) is 2.79. The molecule has 2 nitrogen and oxygen atoms in total. The smallest absolute Gasteiger partial charge is 0.123 e. The fourth-order valence-corrected chi connectivity index (χ4v) is 2.32. The fourth-order valence-electron chi connectivity index (χ4n) is 1.41. The quantitative estimate of drug-likeness (QED) is 0.769. The Bertz CT molecular complexity index is 508. The maximum absolute atomic E-state index is 8.57. The van der Waals surface area contributed by atoms with Gasteiger partial charge in [-0.05, 0) is 12.5 Å². The van der Waals surface area contributed by atoms with E-state index in [2.05, 4.69) is 30.1 Å². The van der Waals surface area contributed by atoms with Crippen molar-refractivity contribution in [3.05, 3.63) is 40.9 Å². The number of thiazole rings is 1. The van der Waals surface area contributed by atoms with Gasteiger partial charge in [0.2, 0.25) is 0 Å². The van der Waals surface area contributed by atoms with E-state index in [0.29, 0.717) is 6.42 Å². The highest BCUT2D eigenvalue weighted by molar-refractivity contribution is 7.13. The fraction of sp³-hybridized carbons (Fsp3) is 0.167. The topological polar surface area (TPSA) is 36.7 Å². The second-order valence-corrected chi connectivity index (χ2v) is 4.15. The van der Waals surface area contributed by atoms with Gasteiger partial charge in [-0.3, -0.25) is 0 Å². The van der Waals surface area contributed by atoms with E-state index in [9.17, 15) is 0 Å². The Morgan fingerprint density at radius 2 is 2.20 bits per heavy atom. The molecule has 0 N–H and O–H groups in total. The first-order valence-corrected chi connectivity index (χ1v) is 5.56. The lowest BCUT2D eigenvalue weighted by Gasteiger charge is -1.99. The molecule has 0 unspecified atom stereocenters. The van der Waals surface area contributed by atoms with Crippen LogP contribution in [-0.2, 0) is 6.42 Å². The zero-order valence-electron chi connectivity index (χ0n) is 8.40. The van der Waals surface area contributed by atoms with E-state index in [-0.39, 0.29) is 0 Å². The van der Waals surface area contributed by atoms with Gasteiger partial charge in [0.1, 0.15) is 5.01 Å². The van der Waals surface area contributed by atoms with Gasteiger partial charge >= 0.3 is 0 Å². The molecule has 2 aromatic rings. The Hall–Kier alpha value is -1.66. The lowest BCUT2D eigenvalue weighted by Crippen LogP contribution is -1.84. The third-order valence-electron chi connectivity index (χ3n) is 2.19. The van der Waals surface area contributed by atoms with Gasteiger partial charge in [-0.1, -0.05) is 24.3 Å². The van der Waals surface area contributed by atoms with Crippen LogP contribution in [0.15, 0.2) is 29.6 Å². The van der Waals surface area contributed by atoms with Crippen molar-refractivity contribution in [1.82, 2.24) is 4.98 Å². The van der Waals surface area contributed by atoms with Crippen molar-refractivity contribution in [2.24, 2.45) is 0 Å². The average Bonchev–Trinajstić information content (AvgIpc) is 2.68. The van der Waals surface area contributed by atoms with Crippen LogP contribution in [0, 0.1) is 18.3 Å². The first-order chi connectivity index (χ1) is 7.31. The first kappa shape index (κ1) is 9.88. The van der Waals surface area contributed by atoms with Crippen molar-refractivity contribution in [2.75, 3.05) is 0 Å². The highest BCUT2D eigenvalue weighted by Gasteiger charge is 2.05. The number of hydrogen-bond donors (Lipinski definition) is 0. The highest BCUT2D eigenvalue weighted by Crippen LogP contribution is 2.26. The number of hydrogen-bond acceptors (Lipinski definition) is 3. The van der Waals surface area contributed by atoms with Crippen molar-refractivity contribution in [3.8, 4) is 16.6 Å². The van der Waals surface area contributed by atoms with Gasteiger partial charge in [0.05, 0.1) is 18.2 Å². The maximum Gasteiger partial charge on any atom is 0.123 e. The van der Waals surface area contributed by atoms with Crippen LogP contribution in [0.2, 0.25) is 0 Å². The van der Waals surface area contributed by atoms with Gasteiger partial charge in [-0.15, -0.1) is 11.3 Å². The molecule has 0 aliphatic carbocycles. The number of benzene rings is 1. The summed E-state index contributed by atoms with van der Waals surface area (Å²) in [4.78, 5) is 4.43.